The van der Waals surface area contributed by atoms with Gasteiger partial charge >= 0.3 is 0 Å². The summed E-state index contributed by atoms with van der Waals surface area (Å²) in [7, 11) is 0. The highest BCUT2D eigenvalue weighted by molar-refractivity contribution is 5.76. The number of unbranched alkanes of at least 4 members (excludes halogenated alkanes) is 6. The molecule has 3 saturated heterocycles. The Morgan fingerprint density at radius 3 is 1.70 bits per heavy atom. The van der Waals surface area contributed by atoms with Crippen LogP contribution in [0.2, 0.25) is 0 Å². The lowest BCUT2D eigenvalue weighted by Crippen LogP contribution is -2.66. The first kappa shape index (κ1) is 46.9. The first-order valence-electron chi connectivity index (χ1n) is 18.9. The maximum atomic E-state index is 12.7. The van der Waals surface area contributed by atoms with E-state index in [1.165, 1.54) is 0 Å². The molecule has 3 heterocycles. The van der Waals surface area contributed by atoms with Gasteiger partial charge in [-0.05, 0) is 19.3 Å². The molecule has 17 atom stereocenters. The Labute approximate surface area is 315 Å². The molecule has 0 aromatic carbocycles. The van der Waals surface area contributed by atoms with Crippen molar-refractivity contribution in [1.29, 1.82) is 0 Å². The molecule has 3 aliphatic heterocycles. The number of hydrogen-bond donors (Lipinski definition) is 12. The van der Waals surface area contributed by atoms with Gasteiger partial charge < -0.3 is 89.9 Å². The second kappa shape index (κ2) is 23.7. The third kappa shape index (κ3) is 12.8. The summed E-state index contributed by atoms with van der Waals surface area (Å²) in [6.45, 7) is 1.34. The molecule has 12 N–H and O–H groups in total. The topological polar surface area (TPSA) is 307 Å². The number of aliphatic hydroxyl groups excluding tert-OH is 11. The van der Waals surface area contributed by atoms with E-state index in [9.17, 15) is 61.0 Å². The number of allylic oxidation sites excluding steroid dienone is 1. The number of rotatable bonds is 22. The molecule has 3 fully saturated rings. The van der Waals surface area contributed by atoms with Crippen LogP contribution in [0.4, 0.5) is 0 Å². The summed E-state index contributed by atoms with van der Waals surface area (Å²) >= 11 is 0. The van der Waals surface area contributed by atoms with Crippen LogP contribution in [0.1, 0.15) is 71.6 Å². The minimum atomic E-state index is -1.97. The van der Waals surface area contributed by atoms with Crippen LogP contribution in [-0.2, 0) is 33.2 Å². The van der Waals surface area contributed by atoms with Crippen molar-refractivity contribution in [2.45, 2.75) is 176 Å². The third-order valence-electron chi connectivity index (χ3n) is 9.84. The van der Waals surface area contributed by atoms with Crippen LogP contribution in [-0.4, -0.2) is 193 Å². The van der Waals surface area contributed by atoms with E-state index in [-0.39, 0.29) is 18.9 Å². The van der Waals surface area contributed by atoms with Crippen molar-refractivity contribution in [3.63, 3.8) is 0 Å². The number of ether oxygens (including phenoxy) is 6. The van der Waals surface area contributed by atoms with Crippen molar-refractivity contribution in [3.05, 3.63) is 12.2 Å². The predicted octanol–water partition coefficient (Wildman–Crippen LogP) is -3.60. The Morgan fingerprint density at radius 2 is 1.15 bits per heavy atom. The van der Waals surface area contributed by atoms with Crippen LogP contribution in [0, 0.1) is 0 Å². The van der Waals surface area contributed by atoms with Gasteiger partial charge in [0.15, 0.2) is 18.9 Å². The van der Waals surface area contributed by atoms with Crippen LogP contribution in [0.5, 0.6) is 0 Å². The Morgan fingerprint density at radius 1 is 0.648 bits per heavy atom. The Balaban J connectivity index is 1.65. The fourth-order valence-electron chi connectivity index (χ4n) is 6.48. The standard InChI is InChI=1S/C35H63NO18/c1-3-5-7-8-9-11-12-19(40)18(36-23(41)13-10-6-4-2)17-49-33-29(47)26(44)31(21(15-38)51-33)54-35-30(48)27(45)32(22(16-39)52-35)53-34-28(46)25(43)24(42)20(14-37)50-34/h11-12,18-22,24-35,37-40,42-48H,3-10,13-17H2,1-2H3,(H,36,41)/b12-11+. The van der Waals surface area contributed by atoms with Crippen molar-refractivity contribution >= 4 is 5.91 Å². The van der Waals surface area contributed by atoms with Crippen molar-refractivity contribution in [2.24, 2.45) is 0 Å². The van der Waals surface area contributed by atoms with Gasteiger partial charge in [0.05, 0.1) is 38.6 Å². The number of amides is 1. The number of nitrogens with one attached hydrogen (secondary N) is 1. The normalized spacial score (nSPS) is 38.7. The second-order valence-corrected chi connectivity index (χ2v) is 14.0. The molecule has 54 heavy (non-hydrogen) atoms. The van der Waals surface area contributed by atoms with Gasteiger partial charge in [-0.25, -0.2) is 0 Å². The minimum Gasteiger partial charge on any atom is -0.394 e. The van der Waals surface area contributed by atoms with E-state index in [0.29, 0.717) is 6.42 Å². The van der Waals surface area contributed by atoms with Crippen molar-refractivity contribution < 1.29 is 89.4 Å². The Hall–Kier alpha value is -1.47. The molecule has 19 nitrogen and oxygen atoms in total. The summed E-state index contributed by atoms with van der Waals surface area (Å²) in [6, 6.07) is -0.957. The van der Waals surface area contributed by atoms with Gasteiger partial charge in [-0.3, -0.25) is 4.79 Å². The van der Waals surface area contributed by atoms with E-state index < -0.39 is 124 Å². The van der Waals surface area contributed by atoms with Gasteiger partial charge in [-0.2, -0.15) is 0 Å². The van der Waals surface area contributed by atoms with Crippen LogP contribution in [0.3, 0.4) is 0 Å². The van der Waals surface area contributed by atoms with Gasteiger partial charge in [-0.15, -0.1) is 0 Å². The molecular weight excluding hydrogens is 722 g/mol. The van der Waals surface area contributed by atoms with E-state index >= 15 is 0 Å². The lowest BCUT2D eigenvalue weighted by Gasteiger charge is -2.48. The molecule has 0 aromatic rings. The van der Waals surface area contributed by atoms with Crippen molar-refractivity contribution in [3.8, 4) is 0 Å². The number of aliphatic hydroxyl groups is 11. The van der Waals surface area contributed by atoms with E-state index in [0.717, 1.165) is 44.9 Å². The van der Waals surface area contributed by atoms with Crippen LogP contribution in [0.15, 0.2) is 12.2 Å². The lowest BCUT2D eigenvalue weighted by molar-refractivity contribution is -0.379. The van der Waals surface area contributed by atoms with Crippen LogP contribution >= 0.6 is 0 Å². The molecular formula is C35H63NO18. The fraction of sp³-hybridized carbons (Fsp3) is 0.914. The first-order chi connectivity index (χ1) is 25.8. The highest BCUT2D eigenvalue weighted by Crippen LogP contribution is 2.32. The lowest BCUT2D eigenvalue weighted by atomic mass is 9.96. The molecule has 0 bridgehead atoms. The van der Waals surface area contributed by atoms with E-state index in [1.807, 2.05) is 13.0 Å². The molecule has 17 unspecified atom stereocenters. The summed E-state index contributed by atoms with van der Waals surface area (Å²) in [5.74, 6) is -0.311. The molecule has 0 saturated carbocycles. The summed E-state index contributed by atoms with van der Waals surface area (Å²) in [6.07, 6.45) is -15.8. The molecule has 0 spiro atoms. The minimum absolute atomic E-state index is 0.228. The van der Waals surface area contributed by atoms with E-state index in [4.69, 9.17) is 28.4 Å². The van der Waals surface area contributed by atoms with E-state index in [2.05, 4.69) is 12.2 Å². The molecule has 0 aromatic heterocycles. The monoisotopic (exact) mass is 785 g/mol. The summed E-state index contributed by atoms with van der Waals surface area (Å²) in [5.41, 5.74) is 0. The number of carbonyl (C=O) groups excluding carboxylic acids is 1. The highest BCUT2D eigenvalue weighted by Gasteiger charge is 2.53. The van der Waals surface area contributed by atoms with Gasteiger partial charge in [0, 0.05) is 6.42 Å². The highest BCUT2D eigenvalue weighted by atomic mass is 16.8. The molecule has 0 radical (unpaired) electrons. The van der Waals surface area contributed by atoms with Crippen molar-refractivity contribution in [2.75, 3.05) is 26.4 Å². The molecule has 3 rings (SSSR count). The first-order valence-corrected chi connectivity index (χ1v) is 18.9. The Kier molecular flexibility index (Phi) is 20.6. The summed E-state index contributed by atoms with van der Waals surface area (Å²) < 4.78 is 33.6. The molecule has 3 aliphatic rings. The van der Waals surface area contributed by atoms with Gasteiger partial charge in [0.25, 0.3) is 0 Å². The maximum absolute atomic E-state index is 12.7. The zero-order chi connectivity index (χ0) is 39.9. The Bertz CT molecular complexity index is 1080. The largest absolute Gasteiger partial charge is 0.394 e. The zero-order valence-corrected chi connectivity index (χ0v) is 30.9. The predicted molar refractivity (Wildman–Crippen MR) is 185 cm³/mol. The SMILES string of the molecule is CCCCCC/C=C/C(O)C(COC1OC(CO)C(OC2OC(CO)C(OC3OC(CO)C(O)C(O)C3O)C(O)C2O)C(O)C1O)NC(=O)CCCCC. The second-order valence-electron chi connectivity index (χ2n) is 14.0. The smallest absolute Gasteiger partial charge is 0.220 e. The van der Waals surface area contributed by atoms with Crippen molar-refractivity contribution in [1.82, 2.24) is 5.32 Å². The van der Waals surface area contributed by atoms with Crippen LogP contribution in [0.25, 0.3) is 0 Å². The maximum Gasteiger partial charge on any atom is 0.220 e. The average molecular weight is 786 g/mol. The summed E-state index contributed by atoms with van der Waals surface area (Å²) in [4.78, 5) is 12.7. The molecule has 1 amide bonds. The third-order valence-corrected chi connectivity index (χ3v) is 9.84. The number of hydrogen-bond acceptors (Lipinski definition) is 18. The quantitative estimate of drug-likeness (QED) is 0.0373. The molecule has 316 valence electrons. The summed E-state index contributed by atoms with van der Waals surface area (Å²) in [5, 5.41) is 118. The number of carbonyl (C=O) groups is 1. The van der Waals surface area contributed by atoms with Gasteiger partial charge in [0.1, 0.15) is 73.2 Å². The fourth-order valence-corrected chi connectivity index (χ4v) is 6.48. The zero-order valence-electron chi connectivity index (χ0n) is 30.9. The van der Waals surface area contributed by atoms with E-state index in [1.54, 1.807) is 6.08 Å². The van der Waals surface area contributed by atoms with Gasteiger partial charge in [0.2, 0.25) is 5.91 Å². The average Bonchev–Trinajstić information content (AvgIpc) is 3.16. The van der Waals surface area contributed by atoms with Gasteiger partial charge in [-0.1, -0.05) is 58.1 Å². The van der Waals surface area contributed by atoms with Crippen LogP contribution < -0.4 is 5.32 Å². The molecule has 19 heteroatoms. The molecule has 0 aliphatic carbocycles.